The van der Waals surface area contributed by atoms with Gasteiger partial charge < -0.3 is 10.5 Å². The van der Waals surface area contributed by atoms with Crippen molar-refractivity contribution in [2.45, 2.75) is 6.04 Å². The summed E-state index contributed by atoms with van der Waals surface area (Å²) in [7, 11) is 1.50. The molecule has 0 saturated heterocycles. The summed E-state index contributed by atoms with van der Waals surface area (Å²) in [5.74, 6) is 0.0591. The molecule has 1 atom stereocenters. The molecule has 2 aromatic carbocycles. The standard InChI is InChI=1S/C14H12Br2FNO/c1-19-13-7-12(17)11(16)6-9(13)14(18)8-4-2-3-5-10(8)15/h2-7,14H,18H2,1H3. The van der Waals surface area contributed by atoms with Gasteiger partial charge in [0, 0.05) is 16.1 Å². The number of nitrogens with two attached hydrogens (primary N) is 1. The molecule has 2 nitrogen and oxygen atoms in total. The van der Waals surface area contributed by atoms with Crippen molar-refractivity contribution < 1.29 is 9.13 Å². The Labute approximate surface area is 128 Å². The first-order valence-electron chi connectivity index (χ1n) is 5.57. The number of hydrogen-bond acceptors (Lipinski definition) is 2. The third-order valence-electron chi connectivity index (χ3n) is 2.85. The second-order valence-electron chi connectivity index (χ2n) is 4.01. The van der Waals surface area contributed by atoms with E-state index in [0.717, 1.165) is 15.6 Å². The summed E-state index contributed by atoms with van der Waals surface area (Å²) in [6.07, 6.45) is 0. The molecule has 2 rings (SSSR count). The second-order valence-corrected chi connectivity index (χ2v) is 5.72. The Kier molecular flexibility index (Phi) is 4.60. The van der Waals surface area contributed by atoms with Crippen LogP contribution in [0.4, 0.5) is 4.39 Å². The average Bonchev–Trinajstić information content (AvgIpc) is 2.41. The number of benzene rings is 2. The van der Waals surface area contributed by atoms with Crippen LogP contribution in [-0.2, 0) is 0 Å². The van der Waals surface area contributed by atoms with Gasteiger partial charge in [-0.15, -0.1) is 0 Å². The van der Waals surface area contributed by atoms with E-state index in [0.29, 0.717) is 10.2 Å². The average molecular weight is 389 g/mol. The molecule has 1 unspecified atom stereocenters. The Morgan fingerprint density at radius 3 is 2.42 bits per heavy atom. The van der Waals surface area contributed by atoms with Crippen LogP contribution in [0.25, 0.3) is 0 Å². The minimum Gasteiger partial charge on any atom is -0.496 e. The van der Waals surface area contributed by atoms with E-state index in [1.54, 1.807) is 6.07 Å². The SMILES string of the molecule is COc1cc(F)c(Br)cc1C(N)c1ccccc1Br. The molecular formula is C14H12Br2FNO. The smallest absolute Gasteiger partial charge is 0.141 e. The maximum atomic E-state index is 13.5. The van der Waals surface area contributed by atoms with Gasteiger partial charge in [-0.2, -0.15) is 0 Å². The summed E-state index contributed by atoms with van der Waals surface area (Å²) >= 11 is 6.64. The molecule has 2 aromatic rings. The maximum Gasteiger partial charge on any atom is 0.141 e. The van der Waals surface area contributed by atoms with Crippen molar-refractivity contribution in [3.8, 4) is 5.75 Å². The lowest BCUT2D eigenvalue weighted by Crippen LogP contribution is -2.14. The Morgan fingerprint density at radius 2 is 1.79 bits per heavy atom. The molecule has 19 heavy (non-hydrogen) atoms. The minimum atomic E-state index is -0.401. The summed E-state index contributed by atoms with van der Waals surface area (Å²) in [6.45, 7) is 0. The molecule has 0 spiro atoms. The molecule has 0 aliphatic heterocycles. The fourth-order valence-electron chi connectivity index (χ4n) is 1.86. The van der Waals surface area contributed by atoms with Crippen LogP contribution in [0.15, 0.2) is 45.3 Å². The molecule has 0 saturated carbocycles. The largest absolute Gasteiger partial charge is 0.496 e. The van der Waals surface area contributed by atoms with E-state index >= 15 is 0 Å². The van der Waals surface area contributed by atoms with Crippen molar-refractivity contribution in [3.05, 3.63) is 62.3 Å². The van der Waals surface area contributed by atoms with Crippen molar-refractivity contribution >= 4 is 31.9 Å². The van der Waals surface area contributed by atoms with Crippen LogP contribution in [0.2, 0.25) is 0 Å². The summed E-state index contributed by atoms with van der Waals surface area (Å²) in [6, 6.07) is 10.2. The van der Waals surface area contributed by atoms with Gasteiger partial charge in [-0.3, -0.25) is 0 Å². The van der Waals surface area contributed by atoms with E-state index in [4.69, 9.17) is 10.5 Å². The van der Waals surface area contributed by atoms with Crippen molar-refractivity contribution in [1.29, 1.82) is 0 Å². The molecule has 0 amide bonds. The lowest BCUT2D eigenvalue weighted by molar-refractivity contribution is 0.404. The first kappa shape index (κ1) is 14.5. The van der Waals surface area contributed by atoms with E-state index in [-0.39, 0.29) is 5.82 Å². The number of halogens is 3. The Morgan fingerprint density at radius 1 is 1.11 bits per heavy atom. The molecule has 100 valence electrons. The van der Waals surface area contributed by atoms with Crippen molar-refractivity contribution in [2.24, 2.45) is 5.73 Å². The monoisotopic (exact) mass is 387 g/mol. The summed E-state index contributed by atoms with van der Waals surface area (Å²) in [5.41, 5.74) is 7.90. The third-order valence-corrected chi connectivity index (χ3v) is 4.18. The molecule has 0 bridgehead atoms. The highest BCUT2D eigenvalue weighted by atomic mass is 79.9. The number of hydrogen-bond donors (Lipinski definition) is 1. The first-order chi connectivity index (χ1) is 9.04. The second kappa shape index (κ2) is 6.03. The lowest BCUT2D eigenvalue weighted by atomic mass is 9.99. The van der Waals surface area contributed by atoms with Crippen LogP contribution < -0.4 is 10.5 Å². The maximum absolute atomic E-state index is 13.5. The van der Waals surface area contributed by atoms with Gasteiger partial charge in [0.25, 0.3) is 0 Å². The van der Waals surface area contributed by atoms with Crippen molar-refractivity contribution in [1.82, 2.24) is 0 Å². The minimum absolute atomic E-state index is 0.366. The highest BCUT2D eigenvalue weighted by Gasteiger charge is 2.18. The fraction of sp³-hybridized carbons (Fsp3) is 0.143. The predicted molar refractivity (Wildman–Crippen MR) is 80.8 cm³/mol. The van der Waals surface area contributed by atoms with Gasteiger partial charge in [0.15, 0.2) is 0 Å². The van der Waals surface area contributed by atoms with Gasteiger partial charge >= 0.3 is 0 Å². The zero-order chi connectivity index (χ0) is 14.0. The lowest BCUT2D eigenvalue weighted by Gasteiger charge is -2.18. The van der Waals surface area contributed by atoms with Crippen LogP contribution in [0.5, 0.6) is 5.75 Å². The fourth-order valence-corrected chi connectivity index (χ4v) is 2.75. The van der Waals surface area contributed by atoms with Crippen LogP contribution in [0.3, 0.4) is 0 Å². The number of methoxy groups -OCH3 is 1. The van der Waals surface area contributed by atoms with Crippen molar-refractivity contribution in [2.75, 3.05) is 7.11 Å². The topological polar surface area (TPSA) is 35.2 Å². The van der Waals surface area contributed by atoms with E-state index in [9.17, 15) is 4.39 Å². The Bertz CT molecular complexity index is 604. The zero-order valence-electron chi connectivity index (χ0n) is 10.2. The van der Waals surface area contributed by atoms with Gasteiger partial charge in [0.2, 0.25) is 0 Å². The highest BCUT2D eigenvalue weighted by Crippen LogP contribution is 2.35. The number of rotatable bonds is 3. The Balaban J connectivity index is 2.52. The van der Waals surface area contributed by atoms with Gasteiger partial charge in [-0.05, 0) is 33.6 Å². The molecule has 5 heteroatoms. The molecule has 0 aromatic heterocycles. The van der Waals surface area contributed by atoms with Gasteiger partial charge in [-0.25, -0.2) is 4.39 Å². The first-order valence-corrected chi connectivity index (χ1v) is 7.16. The van der Waals surface area contributed by atoms with Crippen LogP contribution in [0.1, 0.15) is 17.2 Å². The van der Waals surface area contributed by atoms with E-state index in [1.165, 1.54) is 13.2 Å². The number of ether oxygens (including phenoxy) is 1. The van der Waals surface area contributed by atoms with E-state index in [1.807, 2.05) is 24.3 Å². The third kappa shape index (κ3) is 2.99. The summed E-state index contributed by atoms with van der Waals surface area (Å²) in [4.78, 5) is 0. The molecule has 0 radical (unpaired) electrons. The van der Waals surface area contributed by atoms with Crippen LogP contribution in [0, 0.1) is 5.82 Å². The van der Waals surface area contributed by atoms with Gasteiger partial charge in [0.05, 0.1) is 17.6 Å². The van der Waals surface area contributed by atoms with Crippen LogP contribution >= 0.6 is 31.9 Å². The molecular weight excluding hydrogens is 377 g/mol. The molecule has 0 heterocycles. The van der Waals surface area contributed by atoms with Gasteiger partial charge in [0.1, 0.15) is 11.6 Å². The molecule has 0 fully saturated rings. The van der Waals surface area contributed by atoms with Gasteiger partial charge in [-0.1, -0.05) is 34.1 Å². The van der Waals surface area contributed by atoms with E-state index in [2.05, 4.69) is 31.9 Å². The van der Waals surface area contributed by atoms with E-state index < -0.39 is 6.04 Å². The Hall–Kier alpha value is -0.910. The molecule has 0 aliphatic carbocycles. The summed E-state index contributed by atoms with van der Waals surface area (Å²) in [5, 5.41) is 0. The van der Waals surface area contributed by atoms with Crippen LogP contribution in [-0.4, -0.2) is 7.11 Å². The predicted octanol–water partition coefficient (Wildman–Crippen LogP) is 4.41. The normalized spacial score (nSPS) is 12.3. The molecule has 2 N–H and O–H groups in total. The summed E-state index contributed by atoms with van der Waals surface area (Å²) < 4.78 is 20.0. The molecule has 0 aliphatic rings. The zero-order valence-corrected chi connectivity index (χ0v) is 13.3. The quantitative estimate of drug-likeness (QED) is 0.845. The van der Waals surface area contributed by atoms with Crippen molar-refractivity contribution in [3.63, 3.8) is 0 Å². The highest BCUT2D eigenvalue weighted by molar-refractivity contribution is 9.10.